The predicted molar refractivity (Wildman–Crippen MR) is 83.6 cm³/mol. The molecule has 0 saturated carbocycles. The number of hydrogen-bond donors (Lipinski definition) is 1. The molecule has 1 heterocycles. The Balaban J connectivity index is 1.75. The molecule has 118 valence electrons. The van der Waals surface area contributed by atoms with Crippen LogP contribution in [0.25, 0.3) is 0 Å². The van der Waals surface area contributed by atoms with E-state index < -0.39 is 10.2 Å². The van der Waals surface area contributed by atoms with Gasteiger partial charge in [0.2, 0.25) is 0 Å². The number of ether oxygens (including phenoxy) is 1. The summed E-state index contributed by atoms with van der Waals surface area (Å²) in [5.74, 6) is 1.19. The number of hydrogen-bond acceptors (Lipinski definition) is 3. The second kappa shape index (κ2) is 7.24. The quantitative estimate of drug-likeness (QED) is 0.817. The van der Waals surface area contributed by atoms with E-state index in [4.69, 9.17) is 4.74 Å². The van der Waals surface area contributed by atoms with Crippen molar-refractivity contribution < 1.29 is 13.2 Å². The van der Waals surface area contributed by atoms with Crippen molar-refractivity contribution in [2.24, 2.45) is 5.92 Å². The molecule has 0 spiro atoms. The molecule has 1 aliphatic heterocycles. The van der Waals surface area contributed by atoms with Crippen LogP contribution in [-0.2, 0) is 10.2 Å². The van der Waals surface area contributed by atoms with E-state index in [-0.39, 0.29) is 6.54 Å². The van der Waals surface area contributed by atoms with Crippen LogP contribution in [0.4, 0.5) is 0 Å². The minimum atomic E-state index is -3.37. The molecule has 1 atom stereocenters. The number of aryl methyl sites for hydroxylation is 1. The van der Waals surface area contributed by atoms with Gasteiger partial charge in [-0.25, -0.2) is 0 Å². The van der Waals surface area contributed by atoms with Crippen molar-refractivity contribution in [3.05, 3.63) is 29.8 Å². The molecular weight excluding hydrogens is 288 g/mol. The fourth-order valence-corrected chi connectivity index (χ4v) is 3.77. The summed E-state index contributed by atoms with van der Waals surface area (Å²) in [6.07, 6.45) is 2.03. The Hall–Kier alpha value is -1.11. The Morgan fingerprint density at radius 2 is 2.05 bits per heavy atom. The van der Waals surface area contributed by atoms with Gasteiger partial charge in [-0.1, -0.05) is 24.6 Å². The van der Waals surface area contributed by atoms with Crippen molar-refractivity contribution in [1.29, 1.82) is 0 Å². The first-order valence-electron chi connectivity index (χ1n) is 7.41. The van der Waals surface area contributed by atoms with Crippen LogP contribution in [0.2, 0.25) is 0 Å². The molecule has 5 nitrogen and oxygen atoms in total. The normalized spacial score (nSPS) is 20.4. The number of nitrogens with one attached hydrogen (secondary N) is 1. The third-order valence-corrected chi connectivity index (χ3v) is 5.22. The van der Waals surface area contributed by atoms with Crippen molar-refractivity contribution in [3.63, 3.8) is 0 Å². The maximum atomic E-state index is 12.1. The van der Waals surface area contributed by atoms with E-state index in [1.165, 1.54) is 9.87 Å². The average Bonchev–Trinajstić information content (AvgIpc) is 2.45. The molecule has 1 fully saturated rings. The van der Waals surface area contributed by atoms with Crippen LogP contribution in [0.3, 0.4) is 0 Å². The van der Waals surface area contributed by atoms with Gasteiger partial charge in [0.15, 0.2) is 0 Å². The van der Waals surface area contributed by atoms with Crippen LogP contribution in [0.15, 0.2) is 24.3 Å². The maximum absolute atomic E-state index is 12.1. The van der Waals surface area contributed by atoms with Crippen molar-refractivity contribution in [2.75, 3.05) is 26.2 Å². The van der Waals surface area contributed by atoms with Crippen molar-refractivity contribution in [1.82, 2.24) is 9.03 Å². The zero-order valence-electron chi connectivity index (χ0n) is 12.7. The van der Waals surface area contributed by atoms with Crippen molar-refractivity contribution in [3.8, 4) is 5.75 Å². The van der Waals surface area contributed by atoms with E-state index in [0.29, 0.717) is 25.6 Å². The summed E-state index contributed by atoms with van der Waals surface area (Å²) in [7, 11) is -3.37. The highest BCUT2D eigenvalue weighted by atomic mass is 32.2. The Bertz CT molecular complexity index is 543. The first kappa shape index (κ1) is 16.3. The van der Waals surface area contributed by atoms with E-state index in [1.54, 1.807) is 0 Å². The largest absolute Gasteiger partial charge is 0.492 e. The van der Waals surface area contributed by atoms with Crippen LogP contribution < -0.4 is 9.46 Å². The van der Waals surface area contributed by atoms with Crippen LogP contribution in [0.5, 0.6) is 5.75 Å². The van der Waals surface area contributed by atoms with Gasteiger partial charge in [0.05, 0.1) is 0 Å². The summed E-state index contributed by atoms with van der Waals surface area (Å²) in [6.45, 7) is 5.92. The summed E-state index contributed by atoms with van der Waals surface area (Å²) in [5.41, 5.74) is 1.17. The molecule has 0 amide bonds. The fourth-order valence-electron chi connectivity index (χ4n) is 2.43. The molecule has 1 saturated heterocycles. The molecule has 2 rings (SSSR count). The maximum Gasteiger partial charge on any atom is 0.279 e. The van der Waals surface area contributed by atoms with Gasteiger partial charge in [0, 0.05) is 19.6 Å². The molecule has 21 heavy (non-hydrogen) atoms. The van der Waals surface area contributed by atoms with Gasteiger partial charge in [0.25, 0.3) is 10.2 Å². The first-order valence-corrected chi connectivity index (χ1v) is 8.85. The standard InChI is InChI=1S/C15H24N2O3S/c1-13-5-7-15(8-6-13)20-11-9-16-21(18,19)17-10-3-4-14(2)12-17/h5-8,14,16H,3-4,9-12H2,1-2H3. The molecule has 1 unspecified atom stereocenters. The zero-order valence-corrected chi connectivity index (χ0v) is 13.5. The number of nitrogens with zero attached hydrogens (tertiary/aromatic N) is 1. The third-order valence-electron chi connectivity index (χ3n) is 3.64. The highest BCUT2D eigenvalue weighted by Gasteiger charge is 2.26. The first-order chi connectivity index (χ1) is 9.97. The molecule has 1 N–H and O–H groups in total. The number of rotatable bonds is 6. The van der Waals surface area contributed by atoms with Crippen LogP contribution in [-0.4, -0.2) is 39.0 Å². The van der Waals surface area contributed by atoms with E-state index in [9.17, 15) is 8.42 Å². The molecule has 1 aromatic carbocycles. The molecule has 1 aromatic rings. The molecule has 0 aromatic heterocycles. The summed E-state index contributed by atoms with van der Waals surface area (Å²) in [6, 6.07) is 7.70. The Morgan fingerprint density at radius 3 is 2.71 bits per heavy atom. The van der Waals surface area contributed by atoms with E-state index in [2.05, 4.69) is 11.6 Å². The van der Waals surface area contributed by atoms with E-state index >= 15 is 0 Å². The topological polar surface area (TPSA) is 58.6 Å². The second-order valence-electron chi connectivity index (χ2n) is 5.67. The fraction of sp³-hybridized carbons (Fsp3) is 0.600. The smallest absolute Gasteiger partial charge is 0.279 e. The lowest BCUT2D eigenvalue weighted by Crippen LogP contribution is -2.46. The van der Waals surface area contributed by atoms with Crippen LogP contribution in [0, 0.1) is 12.8 Å². The minimum absolute atomic E-state index is 0.279. The predicted octanol–water partition coefficient (Wildman–Crippen LogP) is 1.94. The highest BCUT2D eigenvalue weighted by molar-refractivity contribution is 7.87. The summed E-state index contributed by atoms with van der Waals surface area (Å²) in [5, 5.41) is 0. The molecule has 1 aliphatic rings. The summed E-state index contributed by atoms with van der Waals surface area (Å²) in [4.78, 5) is 0. The van der Waals surface area contributed by atoms with Gasteiger partial charge < -0.3 is 4.74 Å². The van der Waals surface area contributed by atoms with Crippen molar-refractivity contribution >= 4 is 10.2 Å². The van der Waals surface area contributed by atoms with Gasteiger partial charge in [-0.05, 0) is 37.8 Å². The monoisotopic (exact) mass is 312 g/mol. The molecule has 6 heteroatoms. The molecule has 0 aliphatic carbocycles. The van der Waals surface area contributed by atoms with Crippen LogP contribution in [0.1, 0.15) is 25.3 Å². The number of piperidine rings is 1. The van der Waals surface area contributed by atoms with Crippen LogP contribution >= 0.6 is 0 Å². The van der Waals surface area contributed by atoms with Crippen molar-refractivity contribution in [2.45, 2.75) is 26.7 Å². The zero-order chi connectivity index (χ0) is 15.3. The third kappa shape index (κ3) is 4.98. The Labute approximate surface area is 127 Å². The second-order valence-corrected chi connectivity index (χ2v) is 7.42. The van der Waals surface area contributed by atoms with E-state index in [1.807, 2.05) is 31.2 Å². The summed E-state index contributed by atoms with van der Waals surface area (Å²) >= 11 is 0. The lowest BCUT2D eigenvalue weighted by molar-refractivity contribution is 0.275. The van der Waals surface area contributed by atoms with E-state index in [0.717, 1.165) is 18.6 Å². The Morgan fingerprint density at radius 1 is 1.33 bits per heavy atom. The minimum Gasteiger partial charge on any atom is -0.492 e. The lowest BCUT2D eigenvalue weighted by Gasteiger charge is -2.29. The van der Waals surface area contributed by atoms with Gasteiger partial charge in [0.1, 0.15) is 12.4 Å². The van der Waals surface area contributed by atoms with Gasteiger partial charge >= 0.3 is 0 Å². The van der Waals surface area contributed by atoms with Gasteiger partial charge in [-0.15, -0.1) is 0 Å². The average molecular weight is 312 g/mol. The SMILES string of the molecule is Cc1ccc(OCCNS(=O)(=O)N2CCCC(C)C2)cc1. The highest BCUT2D eigenvalue weighted by Crippen LogP contribution is 2.17. The van der Waals surface area contributed by atoms with Gasteiger partial charge in [-0.2, -0.15) is 17.4 Å². The molecule has 0 radical (unpaired) electrons. The lowest BCUT2D eigenvalue weighted by atomic mass is 10.0. The molecular formula is C15H24N2O3S. The summed E-state index contributed by atoms with van der Waals surface area (Å²) < 4.78 is 34.0. The van der Waals surface area contributed by atoms with Gasteiger partial charge in [-0.3, -0.25) is 0 Å². The number of benzene rings is 1. The molecule has 0 bridgehead atoms. The Kier molecular flexibility index (Phi) is 5.61.